The van der Waals surface area contributed by atoms with Crippen molar-refractivity contribution in [2.45, 2.75) is 51.5 Å². The van der Waals surface area contributed by atoms with Crippen LogP contribution < -0.4 is 5.32 Å². The Morgan fingerprint density at radius 3 is 2.31 bits per heavy atom. The predicted molar refractivity (Wildman–Crippen MR) is 69.6 cm³/mol. The summed E-state index contributed by atoms with van der Waals surface area (Å²) in [7, 11) is 2.35. The summed E-state index contributed by atoms with van der Waals surface area (Å²) in [5, 5.41) is 3.52. The maximum atomic E-state index is 3.52. The fourth-order valence-electron chi connectivity index (χ4n) is 3.33. The Kier molecular flexibility index (Phi) is 4.66. The molecule has 2 unspecified atom stereocenters. The molecular weight excluding hydrogens is 196 g/mol. The van der Waals surface area contributed by atoms with E-state index >= 15 is 0 Å². The third-order valence-corrected chi connectivity index (χ3v) is 4.65. The molecular formula is C14H28N2. The highest BCUT2D eigenvalue weighted by Crippen LogP contribution is 2.24. The molecule has 0 aromatic rings. The maximum absolute atomic E-state index is 3.52. The standard InChI is InChI=1S/C14H28N2/c1-12-9-15-10-13(12)11-16(2)14-7-5-3-4-6-8-14/h12-15H,3-11H2,1-2H3. The first kappa shape index (κ1) is 12.4. The van der Waals surface area contributed by atoms with E-state index in [2.05, 4.69) is 24.2 Å². The second-order valence-corrected chi connectivity index (χ2v) is 5.98. The zero-order valence-corrected chi connectivity index (χ0v) is 11.0. The number of rotatable bonds is 3. The topological polar surface area (TPSA) is 15.3 Å². The minimum atomic E-state index is 0.869. The van der Waals surface area contributed by atoms with Crippen molar-refractivity contribution >= 4 is 0 Å². The molecule has 1 N–H and O–H groups in total. The molecule has 2 nitrogen and oxygen atoms in total. The average Bonchev–Trinajstić information content (AvgIpc) is 2.57. The highest BCUT2D eigenvalue weighted by molar-refractivity contribution is 4.82. The van der Waals surface area contributed by atoms with Gasteiger partial charge in [0, 0.05) is 12.6 Å². The molecule has 2 heteroatoms. The Balaban J connectivity index is 1.79. The smallest absolute Gasteiger partial charge is 0.00923 e. The molecule has 16 heavy (non-hydrogen) atoms. The zero-order chi connectivity index (χ0) is 11.4. The predicted octanol–water partition coefficient (Wildman–Crippen LogP) is 2.50. The molecule has 0 amide bonds. The Morgan fingerprint density at radius 1 is 1.06 bits per heavy atom. The lowest BCUT2D eigenvalue weighted by atomic mass is 9.96. The first-order valence-corrected chi connectivity index (χ1v) is 7.18. The van der Waals surface area contributed by atoms with Crippen LogP contribution in [0.3, 0.4) is 0 Å². The highest BCUT2D eigenvalue weighted by atomic mass is 15.1. The van der Waals surface area contributed by atoms with Crippen molar-refractivity contribution in [3.8, 4) is 0 Å². The summed E-state index contributed by atoms with van der Waals surface area (Å²) in [5.74, 6) is 1.75. The Morgan fingerprint density at radius 2 is 1.75 bits per heavy atom. The molecule has 1 saturated heterocycles. The largest absolute Gasteiger partial charge is 0.316 e. The van der Waals surface area contributed by atoms with Crippen LogP contribution in [-0.4, -0.2) is 37.6 Å². The lowest BCUT2D eigenvalue weighted by molar-refractivity contribution is 0.181. The van der Waals surface area contributed by atoms with Crippen molar-refractivity contribution in [1.82, 2.24) is 10.2 Å². The van der Waals surface area contributed by atoms with E-state index in [1.807, 2.05) is 0 Å². The number of hydrogen-bond acceptors (Lipinski definition) is 2. The van der Waals surface area contributed by atoms with E-state index in [0.717, 1.165) is 17.9 Å². The fraction of sp³-hybridized carbons (Fsp3) is 1.00. The minimum absolute atomic E-state index is 0.869. The maximum Gasteiger partial charge on any atom is 0.00923 e. The molecule has 2 fully saturated rings. The van der Waals surface area contributed by atoms with Gasteiger partial charge in [-0.2, -0.15) is 0 Å². The van der Waals surface area contributed by atoms with E-state index in [1.54, 1.807) is 0 Å². The van der Waals surface area contributed by atoms with Crippen LogP contribution >= 0.6 is 0 Å². The van der Waals surface area contributed by atoms with Gasteiger partial charge in [0.05, 0.1) is 0 Å². The van der Waals surface area contributed by atoms with Crippen LogP contribution in [0.15, 0.2) is 0 Å². The molecule has 0 bridgehead atoms. The number of hydrogen-bond donors (Lipinski definition) is 1. The zero-order valence-electron chi connectivity index (χ0n) is 11.0. The number of nitrogens with zero attached hydrogens (tertiary/aromatic N) is 1. The average molecular weight is 224 g/mol. The molecule has 1 aliphatic heterocycles. The van der Waals surface area contributed by atoms with Crippen LogP contribution in [0.4, 0.5) is 0 Å². The summed E-state index contributed by atoms with van der Waals surface area (Å²) < 4.78 is 0. The fourth-order valence-corrected chi connectivity index (χ4v) is 3.33. The third kappa shape index (κ3) is 3.21. The highest BCUT2D eigenvalue weighted by Gasteiger charge is 2.26. The molecule has 0 aromatic heterocycles. The van der Waals surface area contributed by atoms with E-state index in [1.165, 1.54) is 58.2 Å². The first-order valence-electron chi connectivity index (χ1n) is 7.18. The first-order chi connectivity index (χ1) is 7.77. The summed E-state index contributed by atoms with van der Waals surface area (Å²) >= 11 is 0. The van der Waals surface area contributed by atoms with E-state index in [0.29, 0.717) is 0 Å². The van der Waals surface area contributed by atoms with Crippen molar-refractivity contribution in [2.75, 3.05) is 26.7 Å². The van der Waals surface area contributed by atoms with E-state index in [4.69, 9.17) is 0 Å². The molecule has 1 aliphatic carbocycles. The molecule has 1 heterocycles. The summed E-state index contributed by atoms with van der Waals surface area (Å²) in [6.45, 7) is 6.16. The number of nitrogens with one attached hydrogen (secondary N) is 1. The molecule has 2 aliphatic rings. The summed E-state index contributed by atoms with van der Waals surface area (Å²) in [6, 6.07) is 0.871. The van der Waals surface area contributed by atoms with Gasteiger partial charge in [0.15, 0.2) is 0 Å². The normalized spacial score (nSPS) is 33.2. The monoisotopic (exact) mass is 224 g/mol. The van der Waals surface area contributed by atoms with Crippen LogP contribution in [0.1, 0.15) is 45.4 Å². The van der Waals surface area contributed by atoms with Gasteiger partial charge in [0.1, 0.15) is 0 Å². The molecule has 1 saturated carbocycles. The summed E-state index contributed by atoms with van der Waals surface area (Å²) in [5.41, 5.74) is 0. The molecule has 2 rings (SSSR count). The Labute approximate surface area is 101 Å². The van der Waals surface area contributed by atoms with Gasteiger partial charge in [-0.25, -0.2) is 0 Å². The van der Waals surface area contributed by atoms with Gasteiger partial charge >= 0.3 is 0 Å². The van der Waals surface area contributed by atoms with Crippen molar-refractivity contribution in [1.29, 1.82) is 0 Å². The summed E-state index contributed by atoms with van der Waals surface area (Å²) in [6.07, 6.45) is 8.70. The SMILES string of the molecule is CC1CNCC1CN(C)C1CCCCCC1. The van der Waals surface area contributed by atoms with Crippen molar-refractivity contribution in [2.24, 2.45) is 11.8 Å². The van der Waals surface area contributed by atoms with Gasteiger partial charge < -0.3 is 10.2 Å². The van der Waals surface area contributed by atoms with Gasteiger partial charge in [-0.05, 0) is 44.8 Å². The minimum Gasteiger partial charge on any atom is -0.316 e. The van der Waals surface area contributed by atoms with Crippen LogP contribution in [0.25, 0.3) is 0 Å². The quantitative estimate of drug-likeness (QED) is 0.741. The van der Waals surface area contributed by atoms with Gasteiger partial charge in [-0.3, -0.25) is 0 Å². The van der Waals surface area contributed by atoms with Gasteiger partial charge in [-0.1, -0.05) is 32.6 Å². The Bertz CT molecular complexity index is 197. The molecule has 0 aromatic carbocycles. The van der Waals surface area contributed by atoms with Crippen LogP contribution in [0, 0.1) is 11.8 Å². The van der Waals surface area contributed by atoms with Crippen LogP contribution in [0.2, 0.25) is 0 Å². The second kappa shape index (κ2) is 6.02. The lowest BCUT2D eigenvalue weighted by Gasteiger charge is -2.30. The Hall–Kier alpha value is -0.0800. The van der Waals surface area contributed by atoms with Gasteiger partial charge in [0.2, 0.25) is 0 Å². The van der Waals surface area contributed by atoms with Crippen molar-refractivity contribution in [3.63, 3.8) is 0 Å². The molecule has 2 atom stereocenters. The van der Waals surface area contributed by atoms with Gasteiger partial charge in [-0.15, -0.1) is 0 Å². The van der Waals surface area contributed by atoms with E-state index in [-0.39, 0.29) is 0 Å². The van der Waals surface area contributed by atoms with Crippen molar-refractivity contribution < 1.29 is 0 Å². The van der Waals surface area contributed by atoms with E-state index in [9.17, 15) is 0 Å². The molecule has 0 radical (unpaired) electrons. The van der Waals surface area contributed by atoms with Crippen LogP contribution in [-0.2, 0) is 0 Å². The molecule has 94 valence electrons. The third-order valence-electron chi connectivity index (χ3n) is 4.65. The molecule has 0 spiro atoms. The van der Waals surface area contributed by atoms with Gasteiger partial charge in [0.25, 0.3) is 0 Å². The van der Waals surface area contributed by atoms with Crippen LogP contribution in [0.5, 0.6) is 0 Å². The summed E-state index contributed by atoms with van der Waals surface area (Å²) in [4.78, 5) is 2.65. The van der Waals surface area contributed by atoms with Crippen molar-refractivity contribution in [3.05, 3.63) is 0 Å². The lowest BCUT2D eigenvalue weighted by Crippen LogP contribution is -2.37. The van der Waals surface area contributed by atoms with E-state index < -0.39 is 0 Å². The second-order valence-electron chi connectivity index (χ2n) is 5.98.